The molecule has 544 valence electrons. The van der Waals surface area contributed by atoms with Crippen molar-refractivity contribution in [2.24, 2.45) is 68.8 Å². The molecule has 2 aromatic heterocycles. The molecule has 2 aromatic rings. The normalized spacial score (nSPS) is 49.1. The van der Waals surface area contributed by atoms with Crippen molar-refractivity contribution < 1.29 is 123 Å². The Bertz CT molecular complexity index is 2540. The van der Waals surface area contributed by atoms with Gasteiger partial charge in [0.1, 0.15) is 141 Å². The minimum absolute atomic E-state index is 0.00282. The Kier molecular flexibility index (Phi) is 24.9. The Balaban J connectivity index is 0.812. The van der Waals surface area contributed by atoms with E-state index in [-0.39, 0.29) is 76.7 Å². The fraction of sp³-hybridized carbons (Fsp3) is 0.923. The molecule has 8 heterocycles. The average molecular weight is 1370 g/mol. The van der Waals surface area contributed by atoms with E-state index in [4.69, 9.17) is 130 Å². The summed E-state index contributed by atoms with van der Waals surface area (Å²) >= 11 is 0. The van der Waals surface area contributed by atoms with Gasteiger partial charge < -0.3 is 192 Å². The van der Waals surface area contributed by atoms with Gasteiger partial charge >= 0.3 is 0 Å². The van der Waals surface area contributed by atoms with E-state index in [1.807, 2.05) is 0 Å². The fourth-order valence-corrected chi connectivity index (χ4v) is 13.1. The predicted molar refractivity (Wildman–Crippen MR) is 311 cm³/mol. The number of aliphatic hydroxyl groups is 12. The lowest BCUT2D eigenvalue weighted by atomic mass is 9.84. The van der Waals surface area contributed by atoms with E-state index in [0.29, 0.717) is 0 Å². The highest BCUT2D eigenvalue weighted by molar-refractivity contribution is 5.07. The molecule has 2 aliphatic carbocycles. The van der Waals surface area contributed by atoms with Gasteiger partial charge in [0.15, 0.2) is 37.7 Å². The van der Waals surface area contributed by atoms with Gasteiger partial charge in [-0.2, -0.15) is 0 Å². The third kappa shape index (κ3) is 15.8. The summed E-state index contributed by atoms with van der Waals surface area (Å²) in [5.74, 6) is 0. The van der Waals surface area contributed by atoms with Crippen LogP contribution in [-0.2, 0) is 87.9 Å². The Morgan fingerprint density at radius 2 is 0.684 bits per heavy atom. The van der Waals surface area contributed by atoms with Crippen LogP contribution in [0, 0.1) is 0 Å². The van der Waals surface area contributed by atoms with E-state index in [9.17, 15) is 61.3 Å². The zero-order chi connectivity index (χ0) is 68.8. The van der Waals surface area contributed by atoms with Crippen LogP contribution in [0.1, 0.15) is 24.2 Å². The van der Waals surface area contributed by atoms with E-state index < -0.39 is 233 Å². The second kappa shape index (κ2) is 31.8. The van der Waals surface area contributed by atoms with Crippen LogP contribution >= 0.6 is 0 Å². The van der Waals surface area contributed by atoms with Crippen molar-refractivity contribution in [3.05, 3.63) is 23.8 Å². The van der Waals surface area contributed by atoms with Crippen molar-refractivity contribution in [2.75, 3.05) is 26.2 Å². The third-order valence-corrected chi connectivity index (χ3v) is 18.8. The fourth-order valence-electron chi connectivity index (χ4n) is 13.1. The molecular weight excluding hydrogens is 1280 g/mol. The first-order valence-corrected chi connectivity index (χ1v) is 31.4. The molecule has 21 unspecified atom stereocenters. The molecule has 95 heavy (non-hydrogen) atoms. The van der Waals surface area contributed by atoms with Crippen LogP contribution in [0.2, 0.25) is 0 Å². The van der Waals surface area contributed by atoms with Crippen LogP contribution in [0.25, 0.3) is 0 Å². The van der Waals surface area contributed by atoms with Crippen LogP contribution < -0.4 is 68.8 Å². The van der Waals surface area contributed by atoms with Gasteiger partial charge in [0.05, 0.1) is 73.7 Å². The Hall–Kier alpha value is -3.20. The number of nitrogens with two attached hydrogens (primary N) is 12. The molecule has 0 spiro atoms. The SMILES string of the molecule is NCC1O[C@H](OC2C(N)C[C@@H](N)C(O)[C@H]2O[C@@H]2O[C@H](Cn3cc(COCn4cc(C[C@H]5O[C@@H](OC6C(O[C@@H]7OC(CN)C(O)[C@H](O)C7N)C(N)C[C@H](N)[C@@H]6O)C(O)C5O[C@@H]5O[C@H](CN)C(O)C(O)C5N)nn4)nn3)C(O[C@H]3O[C@@H](CN)C(O)C(O)C3N)[C@@H]2O)C(N)[C@@H](O)C1O. The van der Waals surface area contributed by atoms with Crippen LogP contribution in [-0.4, -0.2) is 350 Å². The van der Waals surface area contributed by atoms with Gasteiger partial charge in [-0.05, 0) is 12.8 Å². The molecule has 0 bridgehead atoms. The summed E-state index contributed by atoms with van der Waals surface area (Å²) in [5.41, 5.74) is 74.5. The summed E-state index contributed by atoms with van der Waals surface area (Å²) in [7, 11) is 0. The highest BCUT2D eigenvalue weighted by Gasteiger charge is 2.58. The molecule has 6 saturated heterocycles. The highest BCUT2D eigenvalue weighted by Crippen LogP contribution is 2.38. The van der Waals surface area contributed by atoms with Crippen molar-refractivity contribution >= 4 is 0 Å². The summed E-state index contributed by atoms with van der Waals surface area (Å²) in [5, 5.41) is 149. The molecule has 36 N–H and O–H groups in total. The van der Waals surface area contributed by atoms with Gasteiger partial charge in [0.25, 0.3) is 0 Å². The second-order valence-corrected chi connectivity index (χ2v) is 25.5. The van der Waals surface area contributed by atoms with Crippen molar-refractivity contribution in [3.63, 3.8) is 0 Å². The number of hydrogen-bond donors (Lipinski definition) is 24. The standard InChI is InChI=1S/C52H96N18O25/c53-4-20-31(73)35(77)25(61)47(85-20)90-41-17(59)2-15(57)29(71)45(41)94-51-39(81)43(92-49-27(63)37(79)33(75)22(6-55)87-49)19(84-51)1-13-8-70(68-65-13)12-83-11-14-9-69(67-66-14)10-24-44(93-50-28(64)38(80)34(76)23(7-56)88-50)40(82)52(89-24)95-46-30(72)16(58)3-18(60)42(46)91-48-26(62)36(78)32(74)21(5-54)86-48/h8-9,15-52,71-82H,1-7,10-12,53-64H2/t15-,16+,17?,18?,19+,20?,21?,22+,23-,24+,25?,26?,27?,28?,29-,30?,31?,32?,33?,34?,35+,36+,37?,38?,39?,40-,41?,42?,43?,44?,45?,46+,47-,48+,49-,50+,51-,52-/m0/s1. The largest absolute Gasteiger partial charge is 0.389 e. The van der Waals surface area contributed by atoms with Gasteiger partial charge in [-0.15, -0.1) is 10.2 Å². The Labute approximate surface area is 542 Å². The first-order valence-electron chi connectivity index (χ1n) is 31.4. The average Bonchev–Trinajstić information content (AvgIpc) is 1.72. The number of aliphatic hydroxyl groups excluding tert-OH is 12. The molecule has 43 nitrogen and oxygen atoms in total. The quantitative estimate of drug-likeness (QED) is 0.0464. The third-order valence-electron chi connectivity index (χ3n) is 18.8. The monoisotopic (exact) mass is 1370 g/mol. The first-order chi connectivity index (χ1) is 45.2. The first kappa shape index (κ1) is 74.5. The maximum absolute atomic E-state index is 12.0. The highest BCUT2D eigenvalue weighted by atomic mass is 16.8. The number of rotatable bonds is 24. The smallest absolute Gasteiger partial charge is 0.187 e. The number of ether oxygens (including phenoxy) is 13. The Morgan fingerprint density at radius 1 is 0.358 bits per heavy atom. The van der Waals surface area contributed by atoms with Crippen molar-refractivity contribution in [1.29, 1.82) is 0 Å². The summed E-state index contributed by atoms with van der Waals surface area (Å²) in [4.78, 5) is 0. The maximum atomic E-state index is 12.0. The molecule has 43 heteroatoms. The van der Waals surface area contributed by atoms with Crippen LogP contribution in [0.5, 0.6) is 0 Å². The maximum Gasteiger partial charge on any atom is 0.187 e. The zero-order valence-electron chi connectivity index (χ0n) is 51.5. The van der Waals surface area contributed by atoms with Crippen LogP contribution in [0.3, 0.4) is 0 Å². The molecule has 8 fully saturated rings. The summed E-state index contributed by atoms with van der Waals surface area (Å²) in [6.07, 6.45) is -40.3. The van der Waals surface area contributed by atoms with Gasteiger partial charge in [-0.25, -0.2) is 9.36 Å². The van der Waals surface area contributed by atoms with E-state index in [2.05, 4.69) is 20.6 Å². The van der Waals surface area contributed by atoms with Gasteiger partial charge in [0, 0.05) is 56.8 Å². The van der Waals surface area contributed by atoms with Crippen molar-refractivity contribution in [3.8, 4) is 0 Å². The lowest BCUT2D eigenvalue weighted by Crippen LogP contribution is -2.68. The lowest BCUT2D eigenvalue weighted by Gasteiger charge is -2.47. The van der Waals surface area contributed by atoms with Gasteiger partial charge in [-0.3, -0.25) is 0 Å². The van der Waals surface area contributed by atoms with Gasteiger partial charge in [-0.1, -0.05) is 10.4 Å². The minimum Gasteiger partial charge on any atom is -0.389 e. The molecule has 8 aliphatic rings. The topological polar surface area (TPSA) is 736 Å². The number of nitrogens with zero attached hydrogens (tertiary/aromatic N) is 6. The predicted octanol–water partition coefficient (Wildman–Crippen LogP) is -17.2. The van der Waals surface area contributed by atoms with Crippen molar-refractivity contribution in [1.82, 2.24) is 30.0 Å². The summed E-state index contributed by atoms with van der Waals surface area (Å²) in [6, 6.07) is -9.29. The summed E-state index contributed by atoms with van der Waals surface area (Å²) < 4.78 is 81.9. The molecule has 0 radical (unpaired) electrons. The minimum atomic E-state index is -1.75. The van der Waals surface area contributed by atoms with Crippen LogP contribution in [0.15, 0.2) is 12.4 Å². The van der Waals surface area contributed by atoms with E-state index in [1.54, 1.807) is 0 Å². The van der Waals surface area contributed by atoms with Gasteiger partial charge in [0.2, 0.25) is 0 Å². The van der Waals surface area contributed by atoms with Crippen molar-refractivity contribution in [2.45, 2.75) is 272 Å². The molecule has 2 saturated carbocycles. The number of hydrogen-bond acceptors (Lipinski definition) is 41. The zero-order valence-corrected chi connectivity index (χ0v) is 51.5. The molecule has 0 aromatic carbocycles. The molecule has 38 atom stereocenters. The molecule has 0 amide bonds. The summed E-state index contributed by atoms with van der Waals surface area (Å²) in [6.45, 7) is -1.61. The molecule has 10 rings (SSSR count). The van der Waals surface area contributed by atoms with Crippen LogP contribution in [0.4, 0.5) is 0 Å². The lowest BCUT2D eigenvalue weighted by molar-refractivity contribution is -0.306. The number of aromatic nitrogens is 6. The van der Waals surface area contributed by atoms with E-state index >= 15 is 0 Å². The van der Waals surface area contributed by atoms with E-state index in [0.717, 1.165) is 0 Å². The van der Waals surface area contributed by atoms with E-state index in [1.165, 1.54) is 21.8 Å². The molecular formula is C52H96N18O25. The second-order valence-electron chi connectivity index (χ2n) is 25.5. The molecule has 6 aliphatic heterocycles. The Morgan fingerprint density at radius 3 is 1.08 bits per heavy atom.